The fourth-order valence-corrected chi connectivity index (χ4v) is 4.41. The molecular weight excluding hydrogens is 512 g/mol. The van der Waals surface area contributed by atoms with Gasteiger partial charge in [0.2, 0.25) is 0 Å². The highest BCUT2D eigenvalue weighted by molar-refractivity contribution is 5.83. The lowest BCUT2D eigenvalue weighted by Gasteiger charge is -2.01. The quantitative estimate of drug-likeness (QED) is 0.175. The molecule has 4 bridgehead atoms. The van der Waals surface area contributed by atoms with Crippen LogP contribution in [0.25, 0.3) is 43.6 Å². The van der Waals surface area contributed by atoms with Crippen molar-refractivity contribution in [1.29, 1.82) is 0 Å². The Bertz CT molecular complexity index is 1950. The Labute approximate surface area is 224 Å². The van der Waals surface area contributed by atoms with Crippen molar-refractivity contribution in [2.75, 3.05) is 0 Å². The smallest absolute Gasteiger partial charge is 0.259 e. The van der Waals surface area contributed by atoms with Gasteiger partial charge in [-0.1, -0.05) is 24.3 Å². The second kappa shape index (κ2) is 10.3. The van der Waals surface area contributed by atoms with E-state index in [9.17, 15) is 29.4 Å². The van der Waals surface area contributed by atoms with Crippen molar-refractivity contribution in [2.24, 2.45) is 0 Å². The first-order valence-electron chi connectivity index (χ1n) is 12.2. The molecule has 10 nitrogen and oxygen atoms in total. The summed E-state index contributed by atoms with van der Waals surface area (Å²) in [7, 11) is 0. The highest BCUT2D eigenvalue weighted by Crippen LogP contribution is 2.22. The molecule has 1 aromatic heterocycles. The van der Waals surface area contributed by atoms with Crippen LogP contribution >= 0.6 is 0 Å². The highest BCUT2D eigenvalue weighted by Gasteiger charge is 2.09. The van der Waals surface area contributed by atoms with Gasteiger partial charge >= 0.3 is 0 Å². The average Bonchev–Trinajstić information content (AvgIpc) is 2.92. The predicted molar refractivity (Wildman–Crippen MR) is 156 cm³/mol. The van der Waals surface area contributed by atoms with E-state index in [1.807, 2.05) is 0 Å². The van der Waals surface area contributed by atoms with Crippen molar-refractivity contribution in [1.82, 2.24) is 19.9 Å². The maximum atomic E-state index is 13.3. The highest BCUT2D eigenvalue weighted by atomic mass is 16.3. The molecule has 0 aliphatic heterocycles. The number of aryl methyl sites for hydroxylation is 2. The van der Waals surface area contributed by atoms with Crippen LogP contribution in [0.1, 0.15) is 11.1 Å². The zero-order chi connectivity index (χ0) is 28.6. The Kier molecular flexibility index (Phi) is 6.66. The third-order valence-electron chi connectivity index (χ3n) is 6.33. The number of nitrogens with one attached hydrogen (secondary N) is 4. The zero-order valence-electron chi connectivity index (χ0n) is 21.5. The second-order valence-corrected chi connectivity index (χ2v) is 9.32. The standard InChI is InChI=1S/C30H24N4O6/c1-15-11-17-25(35)18(12-15)28(38)32-22-8-4-6-10-24(22)34-30(40)20-14-16(2)13-19(26(20)36)29(39)33-23-9-5-3-7-21(23)31-27(17)37/h3-14,35-36H,1-2H3,(H,31,37)(H,32,38)(H,33,39)(H,34,40). The van der Waals surface area contributed by atoms with Gasteiger partial charge in [0.1, 0.15) is 11.5 Å². The molecule has 0 aliphatic carbocycles. The average molecular weight is 537 g/mol. The maximum absolute atomic E-state index is 13.3. The molecular formula is C30H24N4O6. The summed E-state index contributed by atoms with van der Waals surface area (Å²) < 4.78 is 0. The number of H-pyrrole nitrogens is 4. The lowest BCUT2D eigenvalue weighted by atomic mass is 10.1. The van der Waals surface area contributed by atoms with Crippen LogP contribution in [0, 0.1) is 13.8 Å². The van der Waals surface area contributed by atoms with Crippen LogP contribution in [0.5, 0.6) is 11.5 Å². The van der Waals surface area contributed by atoms with Crippen LogP contribution in [-0.2, 0) is 0 Å². The summed E-state index contributed by atoms with van der Waals surface area (Å²) >= 11 is 0. The van der Waals surface area contributed by atoms with Gasteiger partial charge in [-0.2, -0.15) is 0 Å². The number of fused-ring (bicyclic) bond motifs is 6. The van der Waals surface area contributed by atoms with Gasteiger partial charge < -0.3 is 30.1 Å². The zero-order valence-corrected chi connectivity index (χ0v) is 21.5. The fourth-order valence-electron chi connectivity index (χ4n) is 4.41. The SMILES string of the molecule is Cc1cc2c(O)c(c1)c(=O)[nH]c1ccccc1[nH]c(=O)c1cc(C)cc(c1O)c(=O)[nH]c1ccccc1[nH]c2=O. The van der Waals surface area contributed by atoms with E-state index in [4.69, 9.17) is 0 Å². The molecule has 5 aromatic rings. The fraction of sp³-hybridized carbons (Fsp3) is 0.0667. The molecule has 40 heavy (non-hydrogen) atoms. The summed E-state index contributed by atoms with van der Waals surface area (Å²) in [5, 5.41) is 21.3. The van der Waals surface area contributed by atoms with Crippen molar-refractivity contribution in [2.45, 2.75) is 13.8 Å². The van der Waals surface area contributed by atoms with Gasteiger partial charge in [0.25, 0.3) is 22.2 Å². The largest absolute Gasteiger partial charge is 0.506 e. The molecule has 0 unspecified atom stereocenters. The molecule has 5 rings (SSSR count). The van der Waals surface area contributed by atoms with E-state index in [0.29, 0.717) is 11.1 Å². The first kappa shape index (κ1) is 26.0. The second-order valence-electron chi connectivity index (χ2n) is 9.32. The molecule has 0 radical (unpaired) electrons. The minimum Gasteiger partial charge on any atom is -0.506 e. The lowest BCUT2D eigenvalue weighted by Crippen LogP contribution is -2.09. The van der Waals surface area contributed by atoms with Gasteiger partial charge in [-0.05, 0) is 73.5 Å². The number of hydrogen-bond acceptors (Lipinski definition) is 6. The summed E-state index contributed by atoms with van der Waals surface area (Å²) in [5.41, 5.74) is -0.984. The van der Waals surface area contributed by atoms with Gasteiger partial charge in [0.15, 0.2) is 0 Å². The Morgan fingerprint density at radius 3 is 0.900 bits per heavy atom. The summed E-state index contributed by atoms with van der Waals surface area (Å²) in [6.45, 7) is 3.34. The molecule has 0 atom stereocenters. The van der Waals surface area contributed by atoms with Gasteiger partial charge in [-0.15, -0.1) is 0 Å². The lowest BCUT2D eigenvalue weighted by molar-refractivity contribution is 0.485. The van der Waals surface area contributed by atoms with Gasteiger partial charge in [-0.25, -0.2) is 0 Å². The molecule has 0 saturated carbocycles. The molecule has 6 N–H and O–H groups in total. The number of rotatable bonds is 0. The topological polar surface area (TPSA) is 172 Å². The van der Waals surface area contributed by atoms with Gasteiger partial charge in [-0.3, -0.25) is 19.2 Å². The van der Waals surface area contributed by atoms with Gasteiger partial charge in [0.05, 0.1) is 43.6 Å². The molecule has 0 spiro atoms. The Morgan fingerprint density at radius 2 is 0.675 bits per heavy atom. The Morgan fingerprint density at radius 1 is 0.450 bits per heavy atom. The first-order valence-corrected chi connectivity index (χ1v) is 12.2. The molecule has 200 valence electrons. The summed E-state index contributed by atoms with van der Waals surface area (Å²) in [4.78, 5) is 63.7. The normalized spacial score (nSPS) is 10.8. The van der Waals surface area contributed by atoms with E-state index in [1.165, 1.54) is 48.5 Å². The Hall–Kier alpha value is -5.64. The number of phenols is 2. The van der Waals surface area contributed by atoms with Crippen LogP contribution in [0.2, 0.25) is 0 Å². The number of aromatic hydroxyl groups is 2. The summed E-state index contributed by atoms with van der Waals surface area (Å²) in [6.07, 6.45) is 0. The van der Waals surface area contributed by atoms with E-state index >= 15 is 0 Å². The monoisotopic (exact) mass is 536 g/mol. The van der Waals surface area contributed by atoms with E-state index in [0.717, 1.165) is 0 Å². The maximum Gasteiger partial charge on any atom is 0.259 e. The number of aromatic nitrogens is 4. The van der Waals surface area contributed by atoms with Crippen LogP contribution in [0.4, 0.5) is 0 Å². The van der Waals surface area contributed by atoms with Crippen LogP contribution in [0.15, 0.2) is 92.0 Å². The van der Waals surface area contributed by atoms with Crippen molar-refractivity contribution in [3.05, 3.63) is 125 Å². The van der Waals surface area contributed by atoms with Gasteiger partial charge in [0, 0.05) is 0 Å². The third kappa shape index (κ3) is 4.93. The summed E-state index contributed by atoms with van der Waals surface area (Å²) in [6, 6.07) is 18.4. The van der Waals surface area contributed by atoms with Crippen LogP contribution in [0.3, 0.4) is 0 Å². The predicted octanol–water partition coefficient (Wildman–Crippen LogP) is 3.89. The van der Waals surface area contributed by atoms with Crippen molar-refractivity contribution < 1.29 is 10.2 Å². The van der Waals surface area contributed by atoms with Crippen molar-refractivity contribution >= 4 is 43.6 Å². The molecule has 0 aliphatic rings. The Balaban J connectivity index is 2.14. The van der Waals surface area contributed by atoms with Crippen molar-refractivity contribution in [3.8, 4) is 11.5 Å². The van der Waals surface area contributed by atoms with E-state index < -0.39 is 33.7 Å². The number of phenolic OH excluding ortho intramolecular Hbond substituents is 2. The molecule has 0 amide bonds. The minimum atomic E-state index is -0.716. The number of aromatic amines is 4. The molecule has 10 heteroatoms. The molecule has 4 aromatic carbocycles. The first-order chi connectivity index (χ1) is 19.1. The van der Waals surface area contributed by atoms with Crippen LogP contribution in [-0.4, -0.2) is 30.1 Å². The number of para-hydroxylation sites is 4. The number of hydrogen-bond donors (Lipinski definition) is 6. The third-order valence-corrected chi connectivity index (χ3v) is 6.33. The van der Waals surface area contributed by atoms with Crippen molar-refractivity contribution in [3.63, 3.8) is 0 Å². The number of benzene rings is 4. The van der Waals surface area contributed by atoms with Crippen LogP contribution < -0.4 is 22.2 Å². The summed E-state index contributed by atoms with van der Waals surface area (Å²) in [5.74, 6) is -1.08. The molecule has 1 heterocycles. The van der Waals surface area contributed by atoms with E-state index in [-0.39, 0.29) is 43.6 Å². The minimum absolute atomic E-state index is 0.157. The van der Waals surface area contributed by atoms with E-state index in [1.54, 1.807) is 38.1 Å². The van der Waals surface area contributed by atoms with E-state index in [2.05, 4.69) is 19.9 Å². The molecule has 0 saturated heterocycles. The molecule has 0 fully saturated rings.